The van der Waals surface area contributed by atoms with Gasteiger partial charge in [0.25, 0.3) is 0 Å². The molecule has 3 N–H and O–H groups in total. The summed E-state index contributed by atoms with van der Waals surface area (Å²) in [6.07, 6.45) is 3.15. The molecule has 0 saturated carbocycles. The van der Waals surface area contributed by atoms with E-state index in [-0.39, 0.29) is 19.8 Å². The Labute approximate surface area is 240 Å². The normalized spacial score (nSPS) is 29.8. The van der Waals surface area contributed by atoms with Crippen molar-refractivity contribution in [1.82, 2.24) is 0 Å². The van der Waals surface area contributed by atoms with Gasteiger partial charge >= 0.3 is 34.2 Å². The maximum Gasteiger partial charge on any atom is 0.317 e. The van der Waals surface area contributed by atoms with Crippen LogP contribution in [0.25, 0.3) is 0 Å². The molecule has 15 heteroatoms. The van der Waals surface area contributed by atoms with Crippen LogP contribution in [0.4, 0.5) is 0 Å². The van der Waals surface area contributed by atoms with Crippen molar-refractivity contribution in [1.29, 1.82) is 0 Å². The first-order chi connectivity index (χ1) is 18.6. The smallest absolute Gasteiger partial charge is 0.317 e. The zero-order valence-corrected chi connectivity index (χ0v) is 29.0. The average molecular weight is 633 g/mol. The Hall–Kier alpha value is 0.428. The van der Waals surface area contributed by atoms with Crippen LogP contribution < -0.4 is 0 Å². The van der Waals surface area contributed by atoms with Gasteiger partial charge in [-0.15, -0.1) is 0 Å². The molecule has 0 aromatic heterocycles. The van der Waals surface area contributed by atoms with Crippen LogP contribution in [-0.4, -0.2) is 122 Å². The Morgan fingerprint density at radius 3 is 0.923 bits per heavy atom. The van der Waals surface area contributed by atoms with Gasteiger partial charge in [0.15, 0.2) is 0 Å². The predicted molar refractivity (Wildman–Crippen MR) is 159 cm³/mol. The summed E-state index contributed by atoms with van der Waals surface area (Å²) in [6, 6.07) is 3.02. The fourth-order valence-corrected chi connectivity index (χ4v) is 28.1. The third-order valence-electron chi connectivity index (χ3n) is 6.32. The van der Waals surface area contributed by atoms with Crippen LogP contribution in [0.2, 0.25) is 50.4 Å². The molecule has 1 aliphatic rings. The van der Waals surface area contributed by atoms with E-state index in [1.165, 1.54) is 0 Å². The van der Waals surface area contributed by atoms with Crippen LogP contribution in [0.15, 0.2) is 0 Å². The van der Waals surface area contributed by atoms with Crippen LogP contribution in [0.5, 0.6) is 0 Å². The molecule has 1 aliphatic heterocycles. The molecule has 1 heterocycles. The molecule has 39 heavy (non-hydrogen) atoms. The molecule has 2 atom stereocenters. The lowest BCUT2D eigenvalue weighted by Crippen LogP contribution is -2.67. The molecule has 1 fully saturated rings. The summed E-state index contributed by atoms with van der Waals surface area (Å²) in [7, 11) is -10.9. The summed E-state index contributed by atoms with van der Waals surface area (Å²) in [5, 5.41) is 27.1. The monoisotopic (exact) mass is 632 g/mol. The van der Waals surface area contributed by atoms with Crippen molar-refractivity contribution in [2.45, 2.75) is 83.0 Å². The quantitative estimate of drug-likeness (QED) is 0.113. The van der Waals surface area contributed by atoms with Gasteiger partial charge in [0, 0.05) is 33.0 Å². The molecule has 0 aromatic carbocycles. The van der Waals surface area contributed by atoms with E-state index in [0.717, 1.165) is 49.9 Å². The molecule has 1 rings (SSSR count). The van der Waals surface area contributed by atoms with Crippen molar-refractivity contribution >= 4 is 34.2 Å². The third-order valence-corrected chi connectivity index (χ3v) is 25.2. The number of hydrogen-bond donors (Lipinski definition) is 3. The summed E-state index contributed by atoms with van der Waals surface area (Å²) in [5.41, 5.74) is 0. The minimum absolute atomic E-state index is 0.00254. The van der Waals surface area contributed by atoms with Crippen LogP contribution in [0.3, 0.4) is 0 Å². The fourth-order valence-electron chi connectivity index (χ4n) is 4.94. The Balaban J connectivity index is 3.15. The first-order valence-electron chi connectivity index (χ1n) is 14.5. The minimum Gasteiger partial charge on any atom is -0.416 e. The second-order valence-corrected chi connectivity index (χ2v) is 24.9. The molecule has 0 aromatic rings. The molecule has 2 unspecified atom stereocenters. The van der Waals surface area contributed by atoms with E-state index in [2.05, 4.69) is 26.2 Å². The number of aliphatic hydroxyl groups excluding tert-OH is 3. The van der Waals surface area contributed by atoms with Gasteiger partial charge in [-0.05, 0) is 83.0 Å². The molecule has 0 radical (unpaired) electrons. The molecule has 0 spiro atoms. The van der Waals surface area contributed by atoms with E-state index >= 15 is 0 Å². The van der Waals surface area contributed by atoms with Gasteiger partial charge in [-0.25, -0.2) is 0 Å². The number of hydrogen-bond acceptors (Lipinski definition) is 11. The Morgan fingerprint density at radius 2 is 0.692 bits per heavy atom. The van der Waals surface area contributed by atoms with E-state index in [0.29, 0.717) is 52.9 Å². The zero-order valence-electron chi connectivity index (χ0n) is 25.0. The molecule has 0 aliphatic carbocycles. The van der Waals surface area contributed by atoms with Gasteiger partial charge < -0.3 is 50.7 Å². The van der Waals surface area contributed by atoms with Crippen LogP contribution in [0, 0.1) is 0 Å². The van der Waals surface area contributed by atoms with Crippen molar-refractivity contribution in [2.75, 3.05) is 72.7 Å². The molecule has 1 saturated heterocycles. The van der Waals surface area contributed by atoms with Crippen molar-refractivity contribution in [2.24, 2.45) is 0 Å². The lowest BCUT2D eigenvalue weighted by atomic mass is 10.5. The van der Waals surface area contributed by atoms with E-state index in [4.69, 9.17) is 50.7 Å². The Morgan fingerprint density at radius 1 is 0.436 bits per heavy atom. The molecular weight excluding hydrogens is 577 g/mol. The summed E-state index contributed by atoms with van der Waals surface area (Å²) in [4.78, 5) is 0. The molecule has 0 amide bonds. The van der Waals surface area contributed by atoms with E-state index in [1.807, 2.05) is 6.92 Å². The van der Waals surface area contributed by atoms with Gasteiger partial charge in [-0.1, -0.05) is 0 Å². The highest BCUT2D eigenvalue weighted by Crippen LogP contribution is 2.38. The van der Waals surface area contributed by atoms with E-state index in [9.17, 15) is 0 Å². The largest absolute Gasteiger partial charge is 0.416 e. The highest BCUT2D eigenvalue weighted by atomic mass is 28.5. The second-order valence-electron chi connectivity index (χ2n) is 10.6. The molecule has 234 valence electrons. The molecule has 0 bridgehead atoms. The summed E-state index contributed by atoms with van der Waals surface area (Å²) < 4.78 is 50.4. The molecule has 11 nitrogen and oxygen atoms in total. The van der Waals surface area contributed by atoms with Gasteiger partial charge in [-0.3, -0.25) is 0 Å². The van der Waals surface area contributed by atoms with Crippen LogP contribution in [0.1, 0.15) is 32.6 Å². The number of ether oxygens (including phenoxy) is 4. The van der Waals surface area contributed by atoms with Crippen molar-refractivity contribution in [3.05, 3.63) is 0 Å². The van der Waals surface area contributed by atoms with Gasteiger partial charge in [-0.2, -0.15) is 0 Å². The lowest BCUT2D eigenvalue weighted by molar-refractivity contribution is 0.0898. The SMILES string of the molecule is CCOCCC[Si]1(C)O[Si](C)(CCCOCCO)O[Si](C)(CCCOCCO)O[Si](C)(CCCOCCO)O1. The van der Waals surface area contributed by atoms with Gasteiger partial charge in [0.2, 0.25) is 0 Å². The van der Waals surface area contributed by atoms with Crippen LogP contribution >= 0.6 is 0 Å². The first-order valence-corrected chi connectivity index (χ1v) is 24.6. The second kappa shape index (κ2) is 20.4. The lowest BCUT2D eigenvalue weighted by Gasteiger charge is -2.50. The summed E-state index contributed by atoms with van der Waals surface area (Å²) in [6.45, 7) is 14.4. The van der Waals surface area contributed by atoms with Crippen molar-refractivity contribution < 1.29 is 50.7 Å². The minimum atomic E-state index is -2.74. The summed E-state index contributed by atoms with van der Waals surface area (Å²) in [5.74, 6) is 0. The Kier molecular flexibility index (Phi) is 19.5. The molecular formula is C24H56O11Si4. The maximum atomic E-state index is 9.04. The fraction of sp³-hybridized carbons (Fsp3) is 1.00. The zero-order chi connectivity index (χ0) is 29.1. The maximum absolute atomic E-state index is 9.04. The highest BCUT2D eigenvalue weighted by Gasteiger charge is 2.56. The van der Waals surface area contributed by atoms with E-state index < -0.39 is 34.2 Å². The first kappa shape index (κ1) is 37.5. The van der Waals surface area contributed by atoms with Crippen molar-refractivity contribution in [3.8, 4) is 0 Å². The van der Waals surface area contributed by atoms with Gasteiger partial charge in [0.1, 0.15) is 0 Å². The van der Waals surface area contributed by atoms with Crippen molar-refractivity contribution in [3.63, 3.8) is 0 Å². The standard InChI is InChI=1S/C24H56O11Si4/c1-6-28-14-7-21-36(2)32-37(3,22-8-15-29-18-11-25)34-39(5,24-10-17-31-20-13-27)35-38(4,33-36)23-9-16-30-19-12-26/h25-27H,6-24H2,1-5H3. The number of aliphatic hydroxyl groups is 3. The third kappa shape index (κ3) is 16.6. The van der Waals surface area contributed by atoms with E-state index in [1.54, 1.807) is 0 Å². The summed E-state index contributed by atoms with van der Waals surface area (Å²) >= 11 is 0. The predicted octanol–water partition coefficient (Wildman–Crippen LogP) is 2.98. The highest BCUT2D eigenvalue weighted by molar-refractivity contribution is 6.93. The number of rotatable bonds is 23. The average Bonchev–Trinajstić information content (AvgIpc) is 2.85. The Bertz CT molecular complexity index is 593. The van der Waals surface area contributed by atoms with Gasteiger partial charge in [0.05, 0.1) is 39.6 Å². The topological polar surface area (TPSA) is 135 Å². The van der Waals surface area contributed by atoms with Crippen LogP contribution in [-0.2, 0) is 35.4 Å².